The molecule has 57 heavy (non-hydrogen) atoms. The molecule has 0 saturated heterocycles. The molecule has 13 rings (SSSR count). The number of para-hydroxylation sites is 3. The molecule has 0 bridgehead atoms. The minimum Gasteiger partial charge on any atom is -0.309 e. The summed E-state index contributed by atoms with van der Waals surface area (Å²) in [5.41, 5.74) is 13.2. The molecule has 13 aromatic rings. The number of nitrogens with zero attached hydrogens (tertiary/aromatic N) is 6. The van der Waals surface area contributed by atoms with Crippen LogP contribution in [0.1, 0.15) is 0 Å². The van der Waals surface area contributed by atoms with Gasteiger partial charge in [-0.3, -0.25) is 0 Å². The lowest BCUT2D eigenvalue weighted by molar-refractivity contribution is 1.07. The summed E-state index contributed by atoms with van der Waals surface area (Å²) in [5, 5.41) is 7.22. The van der Waals surface area contributed by atoms with E-state index in [0.29, 0.717) is 17.5 Å². The van der Waals surface area contributed by atoms with Crippen LogP contribution < -0.4 is 0 Å². The van der Waals surface area contributed by atoms with Gasteiger partial charge in [0.25, 0.3) is 0 Å². The van der Waals surface area contributed by atoms with Gasteiger partial charge in [0.1, 0.15) is 0 Å². The highest BCUT2D eigenvalue weighted by molar-refractivity contribution is 6.31. The molecular weight excluding hydrogens is 697 g/mol. The summed E-state index contributed by atoms with van der Waals surface area (Å²) in [6, 6.07) is 64.8. The number of hydrogen-bond acceptors (Lipinski definition) is 3. The third-order valence-electron chi connectivity index (χ3n) is 11.8. The summed E-state index contributed by atoms with van der Waals surface area (Å²) < 4.78 is 7.44. The van der Waals surface area contributed by atoms with E-state index >= 15 is 0 Å². The van der Waals surface area contributed by atoms with Crippen LogP contribution in [0.4, 0.5) is 0 Å². The molecule has 0 fully saturated rings. The van der Waals surface area contributed by atoms with E-state index < -0.39 is 0 Å². The molecule has 0 aliphatic carbocycles. The minimum atomic E-state index is 0.628. The Hall–Kier alpha value is -7.83. The maximum atomic E-state index is 5.23. The van der Waals surface area contributed by atoms with Crippen LogP contribution in [0.2, 0.25) is 0 Å². The minimum absolute atomic E-state index is 0.628. The Morgan fingerprint density at radius 2 is 0.807 bits per heavy atom. The fourth-order valence-electron chi connectivity index (χ4n) is 9.44. The van der Waals surface area contributed by atoms with E-state index in [2.05, 4.69) is 159 Å². The third kappa shape index (κ3) is 4.16. The molecule has 6 heteroatoms. The average molecular weight is 727 g/mol. The van der Waals surface area contributed by atoms with Gasteiger partial charge >= 0.3 is 0 Å². The molecule has 5 heterocycles. The lowest BCUT2D eigenvalue weighted by atomic mass is 10.1. The number of hydrogen-bond donors (Lipinski definition) is 0. The molecule has 0 aliphatic heterocycles. The third-order valence-corrected chi connectivity index (χ3v) is 11.8. The number of benzene rings is 8. The molecule has 0 aliphatic rings. The molecule has 0 saturated carbocycles. The van der Waals surface area contributed by atoms with Crippen molar-refractivity contribution in [2.24, 2.45) is 0 Å². The van der Waals surface area contributed by atoms with Crippen molar-refractivity contribution in [1.29, 1.82) is 0 Å². The first-order valence-electron chi connectivity index (χ1n) is 19.3. The summed E-state index contributed by atoms with van der Waals surface area (Å²) in [6.07, 6.45) is 0. The number of fused-ring (bicyclic) bond motifs is 8. The van der Waals surface area contributed by atoms with Gasteiger partial charge in [-0.1, -0.05) is 127 Å². The first kappa shape index (κ1) is 30.5. The van der Waals surface area contributed by atoms with Crippen molar-refractivity contribution in [2.75, 3.05) is 0 Å². The highest BCUT2D eigenvalue weighted by Crippen LogP contribution is 2.46. The molecule has 0 N–H and O–H groups in total. The van der Waals surface area contributed by atoms with Gasteiger partial charge in [-0.15, -0.1) is 0 Å². The van der Waals surface area contributed by atoms with Gasteiger partial charge < -0.3 is 13.4 Å². The number of aromatic nitrogens is 6. The predicted molar refractivity (Wildman–Crippen MR) is 234 cm³/mol. The second-order valence-corrected chi connectivity index (χ2v) is 14.8. The van der Waals surface area contributed by atoms with E-state index in [1.807, 2.05) is 36.4 Å². The van der Waals surface area contributed by atoms with Gasteiger partial charge in [0, 0.05) is 54.7 Å². The zero-order chi connectivity index (χ0) is 37.2. The zero-order valence-electron chi connectivity index (χ0n) is 30.5. The molecule has 0 radical (unpaired) electrons. The molecule has 264 valence electrons. The Kier molecular flexibility index (Phi) is 6.07. The van der Waals surface area contributed by atoms with Gasteiger partial charge in [-0.2, -0.15) is 0 Å². The van der Waals surface area contributed by atoms with Crippen molar-refractivity contribution in [3.8, 4) is 39.9 Å². The second kappa shape index (κ2) is 11.4. The Morgan fingerprint density at radius 3 is 1.47 bits per heavy atom. The van der Waals surface area contributed by atoms with Gasteiger partial charge in [0.15, 0.2) is 17.5 Å². The van der Waals surface area contributed by atoms with Crippen molar-refractivity contribution in [2.45, 2.75) is 0 Å². The van der Waals surface area contributed by atoms with Crippen molar-refractivity contribution >= 4 is 76.5 Å². The van der Waals surface area contributed by atoms with Crippen LogP contribution in [0.15, 0.2) is 182 Å². The standard InChI is InChI=1S/C51H30N6/c1-4-15-31(16-5-1)49-52-50(32-17-6-2-7-18-32)54-51(53-49)33-29-38-36-22-11-13-24-40(36)56-42-26-14-25-41-45(42)46-43(55(41)34-19-8-3-9-20-34)28-27-37-35-21-10-12-23-39(35)57(48(37)46)44(30-33)47(38)56/h1-30H. The molecule has 8 aromatic carbocycles. The maximum absolute atomic E-state index is 5.23. The Balaban J connectivity index is 1.28. The van der Waals surface area contributed by atoms with Crippen molar-refractivity contribution in [3.05, 3.63) is 182 Å². The van der Waals surface area contributed by atoms with Crippen molar-refractivity contribution < 1.29 is 0 Å². The van der Waals surface area contributed by atoms with Crippen LogP contribution in [0, 0.1) is 0 Å². The lowest BCUT2D eigenvalue weighted by Gasteiger charge is -2.12. The van der Waals surface area contributed by atoms with Gasteiger partial charge in [0.2, 0.25) is 0 Å². The predicted octanol–water partition coefficient (Wildman–Crippen LogP) is 12.5. The summed E-state index contributed by atoms with van der Waals surface area (Å²) in [5.74, 6) is 1.91. The Bertz CT molecular complexity index is 3670. The van der Waals surface area contributed by atoms with Crippen LogP contribution in [0.3, 0.4) is 0 Å². The zero-order valence-corrected chi connectivity index (χ0v) is 30.5. The van der Waals surface area contributed by atoms with Crippen LogP contribution in [-0.4, -0.2) is 28.3 Å². The largest absolute Gasteiger partial charge is 0.309 e. The molecule has 6 nitrogen and oxygen atoms in total. The van der Waals surface area contributed by atoms with E-state index in [9.17, 15) is 0 Å². The molecule has 5 aromatic heterocycles. The molecule has 0 unspecified atom stereocenters. The molecule has 0 spiro atoms. The van der Waals surface area contributed by atoms with E-state index in [1.165, 1.54) is 43.5 Å². The summed E-state index contributed by atoms with van der Waals surface area (Å²) in [7, 11) is 0. The van der Waals surface area contributed by atoms with E-state index in [1.54, 1.807) is 0 Å². The van der Waals surface area contributed by atoms with Crippen molar-refractivity contribution in [1.82, 2.24) is 28.3 Å². The molecule has 0 amide bonds. The highest BCUT2D eigenvalue weighted by atomic mass is 15.0. The Morgan fingerprint density at radius 1 is 0.298 bits per heavy atom. The average Bonchev–Trinajstić information content (AvgIpc) is 3.92. The number of rotatable bonds is 4. The van der Waals surface area contributed by atoms with E-state index in [0.717, 1.165) is 55.3 Å². The van der Waals surface area contributed by atoms with E-state index in [4.69, 9.17) is 15.0 Å². The SMILES string of the molecule is c1ccc(-c2nc(-c3ccccc3)nc(-c3cc4c5ccccc5n5c6cccc7c6c6c(ccc8c9ccccc9n(c(c3)c45)c86)n7-c3ccccc3)n2)cc1. The Labute approximate surface area is 325 Å². The summed E-state index contributed by atoms with van der Waals surface area (Å²) >= 11 is 0. The first-order chi connectivity index (χ1) is 28.3. The van der Waals surface area contributed by atoms with Crippen LogP contribution in [0.5, 0.6) is 0 Å². The fraction of sp³-hybridized carbons (Fsp3) is 0. The van der Waals surface area contributed by atoms with Gasteiger partial charge in [0.05, 0.1) is 44.1 Å². The highest BCUT2D eigenvalue weighted by Gasteiger charge is 2.25. The fourth-order valence-corrected chi connectivity index (χ4v) is 9.44. The molecule has 0 atom stereocenters. The monoisotopic (exact) mass is 726 g/mol. The maximum Gasteiger partial charge on any atom is 0.164 e. The van der Waals surface area contributed by atoms with Crippen LogP contribution >= 0.6 is 0 Å². The smallest absolute Gasteiger partial charge is 0.164 e. The van der Waals surface area contributed by atoms with Gasteiger partial charge in [-0.05, 0) is 54.6 Å². The normalized spacial score (nSPS) is 12.2. The molecular formula is C51H30N6. The lowest BCUT2D eigenvalue weighted by Crippen LogP contribution is -2.01. The summed E-state index contributed by atoms with van der Waals surface area (Å²) in [4.78, 5) is 15.5. The van der Waals surface area contributed by atoms with Gasteiger partial charge in [-0.25, -0.2) is 15.0 Å². The van der Waals surface area contributed by atoms with E-state index in [-0.39, 0.29) is 0 Å². The first-order valence-corrected chi connectivity index (χ1v) is 19.3. The quantitative estimate of drug-likeness (QED) is 0.181. The summed E-state index contributed by atoms with van der Waals surface area (Å²) in [6.45, 7) is 0. The van der Waals surface area contributed by atoms with Crippen molar-refractivity contribution in [3.63, 3.8) is 0 Å². The van der Waals surface area contributed by atoms with Crippen LogP contribution in [-0.2, 0) is 0 Å². The van der Waals surface area contributed by atoms with Crippen LogP contribution in [0.25, 0.3) is 116 Å². The second-order valence-electron chi connectivity index (χ2n) is 14.8. The topological polar surface area (TPSA) is 52.4 Å².